The predicted molar refractivity (Wildman–Crippen MR) is 107 cm³/mol. The van der Waals surface area contributed by atoms with Gasteiger partial charge in [0.1, 0.15) is 0 Å². The van der Waals surface area contributed by atoms with Crippen molar-refractivity contribution in [3.63, 3.8) is 0 Å². The number of thioether (sulfide) groups is 1. The lowest BCUT2D eigenvalue weighted by Gasteiger charge is -2.07. The molecule has 0 atom stereocenters. The third-order valence-electron chi connectivity index (χ3n) is 3.89. The molecule has 26 heavy (non-hydrogen) atoms. The number of carbonyl (C=O) groups is 1. The fourth-order valence-corrected chi connectivity index (χ4v) is 3.32. The van der Waals surface area contributed by atoms with E-state index in [0.717, 1.165) is 23.5 Å². The first-order valence-corrected chi connectivity index (χ1v) is 9.60. The average molecular weight is 387 g/mol. The Morgan fingerprint density at radius 3 is 2.69 bits per heavy atom. The molecule has 0 spiro atoms. The Morgan fingerprint density at radius 2 is 1.96 bits per heavy atom. The van der Waals surface area contributed by atoms with E-state index >= 15 is 0 Å². The second-order valence-corrected chi connectivity index (χ2v) is 7.14. The Hall–Kier alpha value is -2.31. The van der Waals surface area contributed by atoms with Crippen molar-refractivity contribution in [1.29, 1.82) is 0 Å². The minimum atomic E-state index is -0.0701. The predicted octanol–water partition coefficient (Wildman–Crippen LogP) is 4.43. The molecule has 0 radical (unpaired) electrons. The highest BCUT2D eigenvalue weighted by molar-refractivity contribution is 7.99. The molecular formula is C19H19ClN4OS. The molecule has 0 aliphatic rings. The molecule has 134 valence electrons. The average Bonchev–Trinajstić information content (AvgIpc) is 3.01. The molecule has 0 saturated carbocycles. The highest BCUT2D eigenvalue weighted by Crippen LogP contribution is 2.24. The van der Waals surface area contributed by atoms with Crippen LogP contribution in [0, 0.1) is 0 Å². The number of amides is 1. The van der Waals surface area contributed by atoms with Crippen molar-refractivity contribution in [3.8, 4) is 11.4 Å². The summed E-state index contributed by atoms with van der Waals surface area (Å²) < 4.78 is 1.87. The van der Waals surface area contributed by atoms with E-state index in [0.29, 0.717) is 10.2 Å². The summed E-state index contributed by atoms with van der Waals surface area (Å²) in [7, 11) is 1.88. The quantitative estimate of drug-likeness (QED) is 0.636. The maximum absolute atomic E-state index is 12.2. The summed E-state index contributed by atoms with van der Waals surface area (Å²) in [5.74, 6) is 0.933. The van der Waals surface area contributed by atoms with Crippen molar-refractivity contribution in [2.45, 2.75) is 18.5 Å². The van der Waals surface area contributed by atoms with E-state index in [1.165, 1.54) is 17.3 Å². The molecule has 1 amide bonds. The number of aromatic nitrogens is 3. The molecule has 1 N–H and O–H groups in total. The molecule has 1 aromatic heterocycles. The van der Waals surface area contributed by atoms with Crippen LogP contribution < -0.4 is 5.32 Å². The van der Waals surface area contributed by atoms with Crippen LogP contribution in [0.15, 0.2) is 53.7 Å². The lowest BCUT2D eigenvalue weighted by atomic mass is 10.1. The van der Waals surface area contributed by atoms with Gasteiger partial charge in [-0.05, 0) is 48.4 Å². The van der Waals surface area contributed by atoms with Crippen molar-refractivity contribution in [2.75, 3.05) is 11.1 Å². The number of carbonyl (C=O) groups excluding carboxylic acids is 1. The largest absolute Gasteiger partial charge is 0.325 e. The SMILES string of the molecule is CCc1cccc(NC(=O)CSc2nnc(-c3ccc(Cl)cc3)n2C)c1. The number of hydrogen-bond donors (Lipinski definition) is 1. The topological polar surface area (TPSA) is 59.8 Å². The van der Waals surface area contributed by atoms with Crippen LogP contribution in [0.4, 0.5) is 5.69 Å². The molecule has 0 fully saturated rings. The van der Waals surface area contributed by atoms with Gasteiger partial charge in [-0.1, -0.05) is 42.4 Å². The first-order valence-electron chi connectivity index (χ1n) is 8.23. The molecule has 5 nitrogen and oxygen atoms in total. The van der Waals surface area contributed by atoms with E-state index in [-0.39, 0.29) is 11.7 Å². The fourth-order valence-electron chi connectivity index (χ4n) is 2.49. The maximum Gasteiger partial charge on any atom is 0.234 e. The third kappa shape index (κ3) is 4.45. The molecule has 1 heterocycles. The van der Waals surface area contributed by atoms with Gasteiger partial charge in [-0.15, -0.1) is 10.2 Å². The number of hydrogen-bond acceptors (Lipinski definition) is 4. The summed E-state index contributed by atoms with van der Waals surface area (Å²) in [5.41, 5.74) is 2.93. The normalized spacial score (nSPS) is 10.7. The Bertz CT molecular complexity index is 908. The maximum atomic E-state index is 12.2. The van der Waals surface area contributed by atoms with E-state index in [2.05, 4.69) is 22.4 Å². The van der Waals surface area contributed by atoms with Crippen LogP contribution >= 0.6 is 23.4 Å². The highest BCUT2D eigenvalue weighted by atomic mass is 35.5. The van der Waals surface area contributed by atoms with Crippen LogP contribution in [0.25, 0.3) is 11.4 Å². The van der Waals surface area contributed by atoms with Crippen molar-refractivity contribution in [1.82, 2.24) is 14.8 Å². The van der Waals surface area contributed by atoms with Crippen LogP contribution in [0.5, 0.6) is 0 Å². The minimum absolute atomic E-state index is 0.0701. The van der Waals surface area contributed by atoms with Crippen molar-refractivity contribution >= 4 is 35.0 Å². The molecule has 7 heteroatoms. The summed E-state index contributed by atoms with van der Waals surface area (Å²) >= 11 is 7.28. The van der Waals surface area contributed by atoms with Crippen LogP contribution in [-0.4, -0.2) is 26.4 Å². The number of aryl methyl sites for hydroxylation is 1. The van der Waals surface area contributed by atoms with Gasteiger partial charge < -0.3 is 9.88 Å². The molecular weight excluding hydrogens is 368 g/mol. The second kappa shape index (κ2) is 8.38. The lowest BCUT2D eigenvalue weighted by Crippen LogP contribution is -2.14. The van der Waals surface area contributed by atoms with Gasteiger partial charge in [0.15, 0.2) is 11.0 Å². The van der Waals surface area contributed by atoms with E-state index in [4.69, 9.17) is 11.6 Å². The molecule has 0 aliphatic carbocycles. The second-order valence-electron chi connectivity index (χ2n) is 5.76. The minimum Gasteiger partial charge on any atom is -0.325 e. The first kappa shape index (κ1) is 18.5. The van der Waals surface area contributed by atoms with Crippen LogP contribution in [0.3, 0.4) is 0 Å². The molecule has 0 bridgehead atoms. The van der Waals surface area contributed by atoms with Gasteiger partial charge in [-0.25, -0.2) is 0 Å². The van der Waals surface area contributed by atoms with Crippen LogP contribution in [0.1, 0.15) is 12.5 Å². The van der Waals surface area contributed by atoms with Gasteiger partial charge in [0, 0.05) is 23.3 Å². The van der Waals surface area contributed by atoms with Crippen LogP contribution in [0.2, 0.25) is 5.02 Å². The van der Waals surface area contributed by atoms with Crippen molar-refractivity contribution in [2.24, 2.45) is 7.05 Å². The Kier molecular flexibility index (Phi) is 5.96. The summed E-state index contributed by atoms with van der Waals surface area (Å²) in [6.45, 7) is 2.09. The van der Waals surface area contributed by atoms with E-state index < -0.39 is 0 Å². The molecule has 2 aromatic carbocycles. The summed E-state index contributed by atoms with van der Waals surface area (Å²) in [5, 5.41) is 12.7. The van der Waals surface area contributed by atoms with Gasteiger partial charge in [0.2, 0.25) is 5.91 Å². The summed E-state index contributed by atoms with van der Waals surface area (Å²) in [6.07, 6.45) is 0.935. The highest BCUT2D eigenvalue weighted by Gasteiger charge is 2.13. The molecule has 3 aromatic rings. The standard InChI is InChI=1S/C19H19ClN4OS/c1-3-13-5-4-6-16(11-13)21-17(25)12-26-19-23-22-18(24(19)2)14-7-9-15(20)10-8-14/h4-11H,3,12H2,1-2H3,(H,21,25). The molecule has 0 aliphatic heterocycles. The zero-order chi connectivity index (χ0) is 18.5. The van der Waals surface area contributed by atoms with Gasteiger partial charge >= 0.3 is 0 Å². The lowest BCUT2D eigenvalue weighted by molar-refractivity contribution is -0.113. The molecule has 0 saturated heterocycles. The smallest absolute Gasteiger partial charge is 0.234 e. The summed E-state index contributed by atoms with van der Waals surface area (Å²) in [4.78, 5) is 12.2. The van der Waals surface area contributed by atoms with Crippen molar-refractivity contribution in [3.05, 3.63) is 59.1 Å². The van der Waals surface area contributed by atoms with E-state index in [1.807, 2.05) is 60.1 Å². The molecule has 0 unspecified atom stereocenters. The fraction of sp³-hybridized carbons (Fsp3) is 0.211. The van der Waals surface area contributed by atoms with Crippen LogP contribution in [-0.2, 0) is 18.3 Å². The first-order chi connectivity index (χ1) is 12.6. The zero-order valence-corrected chi connectivity index (χ0v) is 16.1. The number of nitrogens with one attached hydrogen (secondary N) is 1. The van der Waals surface area contributed by atoms with Gasteiger partial charge in [0.25, 0.3) is 0 Å². The Morgan fingerprint density at radius 1 is 1.19 bits per heavy atom. The van der Waals surface area contributed by atoms with Crippen molar-refractivity contribution < 1.29 is 4.79 Å². The van der Waals surface area contributed by atoms with Gasteiger partial charge in [-0.3, -0.25) is 4.79 Å². The number of halogens is 1. The Balaban J connectivity index is 1.62. The zero-order valence-electron chi connectivity index (χ0n) is 14.6. The number of anilines is 1. The van der Waals surface area contributed by atoms with Gasteiger partial charge in [0.05, 0.1) is 5.75 Å². The van der Waals surface area contributed by atoms with E-state index in [9.17, 15) is 4.79 Å². The van der Waals surface area contributed by atoms with E-state index in [1.54, 1.807) is 0 Å². The Labute approximate surface area is 161 Å². The monoisotopic (exact) mass is 386 g/mol. The summed E-state index contributed by atoms with van der Waals surface area (Å²) in [6, 6.07) is 15.3. The van der Waals surface area contributed by atoms with Gasteiger partial charge in [-0.2, -0.15) is 0 Å². The number of rotatable bonds is 6. The third-order valence-corrected chi connectivity index (χ3v) is 5.16. The molecule has 3 rings (SSSR count). The number of benzene rings is 2. The number of nitrogens with zero attached hydrogens (tertiary/aromatic N) is 3.